The minimum absolute atomic E-state index is 0.0268. The Morgan fingerprint density at radius 2 is 1.89 bits per heavy atom. The second-order valence-corrected chi connectivity index (χ2v) is 10.1. The van der Waals surface area contributed by atoms with Gasteiger partial charge >= 0.3 is 6.03 Å². The number of amides is 3. The van der Waals surface area contributed by atoms with Crippen LogP contribution in [0.4, 0.5) is 16.4 Å². The van der Waals surface area contributed by atoms with E-state index in [-0.39, 0.29) is 24.1 Å². The fourth-order valence-corrected chi connectivity index (χ4v) is 5.06. The molecule has 1 aliphatic carbocycles. The molecule has 0 bridgehead atoms. The number of hydrogen-bond acceptors (Lipinski definition) is 7. The number of anilines is 2. The van der Waals surface area contributed by atoms with Gasteiger partial charge in [-0.3, -0.25) is 4.79 Å². The largest absolute Gasteiger partial charge is 0.377 e. The van der Waals surface area contributed by atoms with E-state index < -0.39 is 0 Å². The van der Waals surface area contributed by atoms with Gasteiger partial charge in [-0.1, -0.05) is 12.1 Å². The molecule has 0 spiro atoms. The lowest BCUT2D eigenvalue weighted by molar-refractivity contribution is -0.141. The van der Waals surface area contributed by atoms with E-state index in [9.17, 15) is 9.59 Å². The van der Waals surface area contributed by atoms with Gasteiger partial charge in [0, 0.05) is 36.0 Å². The SMILES string of the molecule is C[C@H]1COCCN1c1nc2c(c(-c3ccc(NC(=O)NC4CC4)cc3)n1)CN(C(=O)C1CCCO1)C2. The summed E-state index contributed by atoms with van der Waals surface area (Å²) in [7, 11) is 0. The number of morpholine rings is 1. The van der Waals surface area contributed by atoms with Crippen molar-refractivity contribution in [2.75, 3.05) is 36.6 Å². The monoisotopic (exact) mass is 492 g/mol. The predicted molar refractivity (Wildman–Crippen MR) is 133 cm³/mol. The van der Waals surface area contributed by atoms with E-state index >= 15 is 0 Å². The maximum absolute atomic E-state index is 13.1. The summed E-state index contributed by atoms with van der Waals surface area (Å²) in [6, 6.07) is 7.98. The number of carbonyl (C=O) groups is 2. The summed E-state index contributed by atoms with van der Waals surface area (Å²) >= 11 is 0. The van der Waals surface area contributed by atoms with Gasteiger partial charge in [0.25, 0.3) is 5.91 Å². The molecule has 1 aromatic heterocycles. The lowest BCUT2D eigenvalue weighted by atomic mass is 10.1. The molecule has 1 saturated carbocycles. The zero-order valence-electron chi connectivity index (χ0n) is 20.5. The highest BCUT2D eigenvalue weighted by Gasteiger charge is 2.35. The van der Waals surface area contributed by atoms with Crippen LogP contribution in [0.2, 0.25) is 0 Å². The third-order valence-electron chi connectivity index (χ3n) is 7.24. The summed E-state index contributed by atoms with van der Waals surface area (Å²) in [4.78, 5) is 39.2. The molecule has 6 rings (SSSR count). The third kappa shape index (κ3) is 4.75. The topological polar surface area (TPSA) is 109 Å². The fourth-order valence-electron chi connectivity index (χ4n) is 5.06. The Morgan fingerprint density at radius 3 is 2.61 bits per heavy atom. The molecule has 3 aliphatic heterocycles. The summed E-state index contributed by atoms with van der Waals surface area (Å²) in [5.74, 6) is 0.691. The van der Waals surface area contributed by atoms with E-state index in [1.807, 2.05) is 29.2 Å². The Hall–Kier alpha value is -3.24. The number of rotatable bonds is 5. The van der Waals surface area contributed by atoms with E-state index in [2.05, 4.69) is 22.5 Å². The van der Waals surface area contributed by atoms with Gasteiger partial charge in [-0.2, -0.15) is 0 Å². The summed E-state index contributed by atoms with van der Waals surface area (Å²) in [6.07, 6.45) is 3.41. The number of benzene rings is 1. The Morgan fingerprint density at radius 1 is 1.06 bits per heavy atom. The van der Waals surface area contributed by atoms with Gasteiger partial charge in [-0.15, -0.1) is 0 Å². The number of fused-ring (bicyclic) bond motifs is 1. The van der Waals surface area contributed by atoms with E-state index in [0.717, 1.165) is 60.4 Å². The molecule has 2 saturated heterocycles. The second kappa shape index (κ2) is 9.67. The van der Waals surface area contributed by atoms with Gasteiger partial charge in [0.1, 0.15) is 6.10 Å². The van der Waals surface area contributed by atoms with Crippen molar-refractivity contribution in [3.8, 4) is 11.3 Å². The molecule has 2 N–H and O–H groups in total. The maximum Gasteiger partial charge on any atom is 0.319 e. The highest BCUT2D eigenvalue weighted by atomic mass is 16.5. The van der Waals surface area contributed by atoms with Crippen molar-refractivity contribution in [1.82, 2.24) is 20.2 Å². The molecular formula is C26H32N6O4. The number of ether oxygens (including phenoxy) is 2. The second-order valence-electron chi connectivity index (χ2n) is 10.1. The van der Waals surface area contributed by atoms with Crippen LogP contribution in [-0.4, -0.2) is 71.4 Å². The zero-order chi connectivity index (χ0) is 24.6. The number of urea groups is 1. The average molecular weight is 493 g/mol. The number of carbonyl (C=O) groups excluding carboxylic acids is 2. The third-order valence-corrected chi connectivity index (χ3v) is 7.24. The predicted octanol–water partition coefficient (Wildman–Crippen LogP) is 2.67. The minimum atomic E-state index is -0.360. The zero-order valence-corrected chi connectivity index (χ0v) is 20.5. The van der Waals surface area contributed by atoms with Crippen LogP contribution < -0.4 is 15.5 Å². The van der Waals surface area contributed by atoms with Crippen LogP contribution in [0.1, 0.15) is 43.9 Å². The minimum Gasteiger partial charge on any atom is -0.377 e. The number of aromatic nitrogens is 2. The molecule has 2 atom stereocenters. The summed E-state index contributed by atoms with van der Waals surface area (Å²) in [5, 5.41) is 5.83. The molecule has 10 nitrogen and oxygen atoms in total. The van der Waals surface area contributed by atoms with Crippen LogP contribution in [-0.2, 0) is 27.4 Å². The van der Waals surface area contributed by atoms with Crippen molar-refractivity contribution >= 4 is 23.6 Å². The Kier molecular flexibility index (Phi) is 6.22. The Labute approximate surface area is 210 Å². The van der Waals surface area contributed by atoms with E-state index in [0.29, 0.717) is 44.9 Å². The van der Waals surface area contributed by atoms with Crippen LogP contribution in [0.5, 0.6) is 0 Å². The van der Waals surface area contributed by atoms with Crippen molar-refractivity contribution in [3.05, 3.63) is 35.5 Å². The maximum atomic E-state index is 13.1. The molecule has 1 aromatic carbocycles. The molecule has 10 heteroatoms. The van der Waals surface area contributed by atoms with Gasteiger partial charge in [0.05, 0.1) is 43.7 Å². The summed E-state index contributed by atoms with van der Waals surface area (Å²) in [6.45, 7) is 5.64. The standard InChI is InChI=1S/C26H32N6O4/c1-16-15-35-12-10-32(16)25-29-21-14-31(24(33)22-3-2-11-36-22)13-20(21)23(30-25)17-4-6-18(7-5-17)27-26(34)28-19-8-9-19/h4-7,16,19,22H,2-3,8-15H2,1H3,(H2,27,28,34)/t16-,22?/m0/s1. The lowest BCUT2D eigenvalue weighted by Crippen LogP contribution is -2.44. The van der Waals surface area contributed by atoms with Crippen molar-refractivity contribution in [1.29, 1.82) is 0 Å². The molecule has 36 heavy (non-hydrogen) atoms. The van der Waals surface area contributed by atoms with Crippen LogP contribution in [0.3, 0.4) is 0 Å². The van der Waals surface area contributed by atoms with Gasteiger partial charge in [-0.05, 0) is 44.7 Å². The van der Waals surface area contributed by atoms with E-state index in [4.69, 9.17) is 19.4 Å². The Balaban J connectivity index is 1.29. The van der Waals surface area contributed by atoms with Gasteiger partial charge in [0.15, 0.2) is 0 Å². The van der Waals surface area contributed by atoms with Gasteiger partial charge < -0.3 is 29.9 Å². The number of nitrogens with zero attached hydrogens (tertiary/aromatic N) is 4. The molecule has 3 fully saturated rings. The summed E-state index contributed by atoms with van der Waals surface area (Å²) < 4.78 is 11.3. The first-order valence-electron chi connectivity index (χ1n) is 12.9. The lowest BCUT2D eigenvalue weighted by Gasteiger charge is -2.33. The molecule has 1 unspecified atom stereocenters. The molecule has 4 aliphatic rings. The van der Waals surface area contributed by atoms with Crippen LogP contribution in [0, 0.1) is 0 Å². The molecule has 0 radical (unpaired) electrons. The molecular weight excluding hydrogens is 460 g/mol. The summed E-state index contributed by atoms with van der Waals surface area (Å²) in [5.41, 5.74) is 4.32. The van der Waals surface area contributed by atoms with Crippen LogP contribution >= 0.6 is 0 Å². The van der Waals surface area contributed by atoms with Gasteiger partial charge in [-0.25, -0.2) is 14.8 Å². The van der Waals surface area contributed by atoms with Crippen LogP contribution in [0.15, 0.2) is 24.3 Å². The molecule has 2 aromatic rings. The first kappa shape index (κ1) is 23.2. The Bertz CT molecular complexity index is 1150. The number of hydrogen-bond donors (Lipinski definition) is 2. The highest BCUT2D eigenvalue weighted by Crippen LogP contribution is 2.34. The molecule has 3 amide bonds. The van der Waals surface area contributed by atoms with Crippen LogP contribution in [0.25, 0.3) is 11.3 Å². The molecule has 190 valence electrons. The van der Waals surface area contributed by atoms with Gasteiger partial charge in [0.2, 0.25) is 5.95 Å². The molecule has 4 heterocycles. The number of nitrogens with one attached hydrogen (secondary N) is 2. The highest BCUT2D eigenvalue weighted by molar-refractivity contribution is 5.90. The van der Waals surface area contributed by atoms with E-state index in [1.165, 1.54) is 0 Å². The van der Waals surface area contributed by atoms with Crippen molar-refractivity contribution in [2.24, 2.45) is 0 Å². The quantitative estimate of drug-likeness (QED) is 0.661. The first-order chi connectivity index (χ1) is 17.5. The first-order valence-corrected chi connectivity index (χ1v) is 12.9. The van der Waals surface area contributed by atoms with Crippen molar-refractivity contribution in [3.63, 3.8) is 0 Å². The normalized spacial score (nSPS) is 23.5. The fraction of sp³-hybridized carbons (Fsp3) is 0.538. The van der Waals surface area contributed by atoms with Crippen molar-refractivity contribution < 1.29 is 19.1 Å². The van der Waals surface area contributed by atoms with E-state index in [1.54, 1.807) is 0 Å². The van der Waals surface area contributed by atoms with Crippen molar-refractivity contribution in [2.45, 2.75) is 63.9 Å². The average Bonchev–Trinajstić information content (AvgIpc) is 3.34. The smallest absolute Gasteiger partial charge is 0.319 e.